The molecule has 1 aromatic rings. The maximum Gasteiger partial charge on any atom is 0.0766 e. The number of hydrogen-bond donors (Lipinski definition) is 1. The maximum absolute atomic E-state index is 2.25. The molecule has 128 valence electrons. The maximum atomic E-state index is 2.25. The Morgan fingerprint density at radius 3 is 1.59 bits per heavy atom. The zero-order valence-corrected chi connectivity index (χ0v) is 16.3. The summed E-state index contributed by atoms with van der Waals surface area (Å²) in [5.41, 5.74) is 1.50. The summed E-state index contributed by atoms with van der Waals surface area (Å²) in [5.74, 6) is 0. The van der Waals surface area contributed by atoms with E-state index in [1.54, 1.807) is 4.90 Å². The van der Waals surface area contributed by atoms with Crippen molar-refractivity contribution < 1.29 is 21.9 Å². The lowest BCUT2D eigenvalue weighted by atomic mass is 10.0. The third kappa shape index (κ3) is 13.3. The molecule has 22 heavy (non-hydrogen) atoms. The predicted molar refractivity (Wildman–Crippen MR) is 94.0 cm³/mol. The van der Waals surface area contributed by atoms with Crippen molar-refractivity contribution in [2.45, 2.75) is 70.6 Å². The second kappa shape index (κ2) is 15.6. The lowest BCUT2D eigenvalue weighted by molar-refractivity contribution is -0.858. The average Bonchev–Trinajstić information content (AvgIpc) is 2.49. The molecule has 0 bridgehead atoms. The second-order valence-electron chi connectivity index (χ2n) is 6.73. The van der Waals surface area contributed by atoms with Crippen molar-refractivity contribution in [3.63, 3.8) is 0 Å². The highest BCUT2D eigenvalue weighted by Gasteiger charge is 1.96. The molecule has 0 aliphatic rings. The molecule has 0 saturated carbocycles. The van der Waals surface area contributed by atoms with Crippen molar-refractivity contribution >= 4 is 0 Å². The van der Waals surface area contributed by atoms with Crippen molar-refractivity contribution in [3.05, 3.63) is 35.9 Å². The molecule has 0 saturated heterocycles. The Bertz CT molecular complexity index is 324. The summed E-state index contributed by atoms with van der Waals surface area (Å²) in [6.45, 7) is 1.33. The van der Waals surface area contributed by atoms with E-state index in [2.05, 4.69) is 44.4 Å². The molecule has 1 rings (SSSR count). The van der Waals surface area contributed by atoms with Gasteiger partial charge in [-0.25, -0.2) is 0 Å². The first kappa shape index (κ1) is 21.7. The Morgan fingerprint density at radius 2 is 1.09 bits per heavy atom. The van der Waals surface area contributed by atoms with E-state index in [1.165, 1.54) is 82.7 Å². The van der Waals surface area contributed by atoms with Crippen LogP contribution < -0.4 is 21.9 Å². The van der Waals surface area contributed by atoms with Gasteiger partial charge in [0.25, 0.3) is 0 Å². The Kier molecular flexibility index (Phi) is 15.3. The predicted octanol–water partition coefficient (Wildman–Crippen LogP) is 1.28. The van der Waals surface area contributed by atoms with E-state index in [0.29, 0.717) is 0 Å². The zero-order valence-electron chi connectivity index (χ0n) is 14.7. The molecule has 2 heteroatoms. The van der Waals surface area contributed by atoms with Crippen LogP contribution in [0.3, 0.4) is 0 Å². The van der Waals surface area contributed by atoms with Gasteiger partial charge >= 0.3 is 0 Å². The van der Waals surface area contributed by atoms with Gasteiger partial charge in [0, 0.05) is 0 Å². The minimum absolute atomic E-state index is 0. The van der Waals surface area contributed by atoms with E-state index in [1.807, 2.05) is 0 Å². The summed E-state index contributed by atoms with van der Waals surface area (Å²) >= 11 is 0. The fourth-order valence-corrected chi connectivity index (χ4v) is 2.87. The Labute approximate surface area is 149 Å². The van der Waals surface area contributed by atoms with Gasteiger partial charge in [0.2, 0.25) is 0 Å². The molecule has 1 N–H and O–H groups in total. The molecule has 0 aliphatic carbocycles. The van der Waals surface area contributed by atoms with E-state index in [4.69, 9.17) is 0 Å². The third-order valence-electron chi connectivity index (χ3n) is 4.24. The molecule has 0 spiro atoms. The number of nitrogens with one attached hydrogen (secondary N) is 1. The molecule has 0 unspecified atom stereocenters. The van der Waals surface area contributed by atoms with E-state index in [9.17, 15) is 0 Å². The van der Waals surface area contributed by atoms with Crippen LogP contribution in [-0.2, 0) is 6.42 Å². The average molecular weight is 370 g/mol. The molecule has 0 radical (unpaired) electrons. The molecule has 1 nitrogen and oxygen atoms in total. The molecule has 0 heterocycles. The lowest BCUT2D eigenvalue weighted by Crippen LogP contribution is -3.05. The van der Waals surface area contributed by atoms with E-state index < -0.39 is 0 Å². The first-order chi connectivity index (χ1) is 10.3. The molecule has 0 aliphatic heterocycles. The summed E-state index contributed by atoms with van der Waals surface area (Å²) in [6.07, 6.45) is 15.5. The van der Waals surface area contributed by atoms with Gasteiger partial charge in [-0.2, -0.15) is 0 Å². The minimum atomic E-state index is 0. The molecule has 1 aromatic carbocycles. The van der Waals surface area contributed by atoms with E-state index in [0.717, 1.165) is 0 Å². The highest BCUT2D eigenvalue weighted by atomic mass is 79.9. The van der Waals surface area contributed by atoms with Crippen LogP contribution in [0.1, 0.15) is 69.8 Å². The number of halogens is 1. The summed E-state index contributed by atoms with van der Waals surface area (Å²) in [7, 11) is 4.50. The van der Waals surface area contributed by atoms with Gasteiger partial charge in [-0.3, -0.25) is 0 Å². The number of rotatable bonds is 13. The van der Waals surface area contributed by atoms with Gasteiger partial charge in [-0.15, -0.1) is 0 Å². The number of aryl methyl sites for hydroxylation is 1. The SMILES string of the molecule is C[NH+](C)CCCCCCCCCCCCc1ccccc1.[Br-]. The summed E-state index contributed by atoms with van der Waals surface area (Å²) in [4.78, 5) is 1.59. The molecule has 0 aromatic heterocycles. The van der Waals surface area contributed by atoms with Crippen LogP contribution in [0.15, 0.2) is 30.3 Å². The number of unbranched alkanes of at least 4 members (excludes halogenated alkanes) is 9. The summed E-state index contributed by atoms with van der Waals surface area (Å²) in [6, 6.07) is 10.9. The normalized spacial score (nSPS) is 10.7. The first-order valence-electron chi connectivity index (χ1n) is 9.12. The van der Waals surface area contributed by atoms with E-state index in [-0.39, 0.29) is 17.0 Å². The van der Waals surface area contributed by atoms with Gasteiger partial charge in [0.15, 0.2) is 0 Å². The van der Waals surface area contributed by atoms with Crippen LogP contribution in [-0.4, -0.2) is 20.6 Å². The topological polar surface area (TPSA) is 4.44 Å². The molecular formula is C20H36BrN. The number of hydrogen-bond acceptors (Lipinski definition) is 0. The van der Waals surface area contributed by atoms with Crippen LogP contribution in [0.4, 0.5) is 0 Å². The fourth-order valence-electron chi connectivity index (χ4n) is 2.87. The van der Waals surface area contributed by atoms with Crippen LogP contribution in [0, 0.1) is 0 Å². The standard InChI is InChI=1S/C20H35N.BrH/c1-21(2)19-15-10-8-6-4-3-5-7-9-12-16-20-17-13-11-14-18-20;/h11,13-14,17-18H,3-10,12,15-16,19H2,1-2H3;1H. The molecule has 0 atom stereocenters. The molecule has 0 fully saturated rings. The van der Waals surface area contributed by atoms with Gasteiger partial charge < -0.3 is 21.9 Å². The van der Waals surface area contributed by atoms with Crippen molar-refractivity contribution in [3.8, 4) is 0 Å². The van der Waals surface area contributed by atoms with Crippen LogP contribution in [0.5, 0.6) is 0 Å². The minimum Gasteiger partial charge on any atom is -1.00 e. The monoisotopic (exact) mass is 369 g/mol. The number of benzene rings is 1. The summed E-state index contributed by atoms with van der Waals surface area (Å²) in [5, 5.41) is 0. The molecular weight excluding hydrogens is 334 g/mol. The first-order valence-corrected chi connectivity index (χ1v) is 9.12. The van der Waals surface area contributed by atoms with Crippen molar-refractivity contribution in [1.82, 2.24) is 0 Å². The van der Waals surface area contributed by atoms with Crippen molar-refractivity contribution in [2.75, 3.05) is 20.6 Å². The summed E-state index contributed by atoms with van der Waals surface area (Å²) < 4.78 is 0. The number of quaternary nitrogens is 1. The van der Waals surface area contributed by atoms with Crippen LogP contribution in [0.2, 0.25) is 0 Å². The Morgan fingerprint density at radius 1 is 0.636 bits per heavy atom. The van der Waals surface area contributed by atoms with E-state index >= 15 is 0 Å². The second-order valence-corrected chi connectivity index (χ2v) is 6.73. The lowest BCUT2D eigenvalue weighted by Gasteiger charge is -2.06. The highest BCUT2D eigenvalue weighted by Crippen LogP contribution is 2.12. The zero-order chi connectivity index (χ0) is 15.2. The van der Waals surface area contributed by atoms with Crippen LogP contribution in [0.25, 0.3) is 0 Å². The van der Waals surface area contributed by atoms with Crippen LogP contribution >= 0.6 is 0 Å². The smallest absolute Gasteiger partial charge is 0.0766 e. The fraction of sp³-hybridized carbons (Fsp3) is 0.700. The Balaban J connectivity index is 0.00000441. The van der Waals surface area contributed by atoms with Gasteiger partial charge in [0.1, 0.15) is 0 Å². The van der Waals surface area contributed by atoms with Gasteiger partial charge in [-0.05, 0) is 31.2 Å². The largest absolute Gasteiger partial charge is 1.00 e. The van der Waals surface area contributed by atoms with Crippen molar-refractivity contribution in [2.24, 2.45) is 0 Å². The quantitative estimate of drug-likeness (QED) is 0.499. The molecule has 0 amide bonds. The Hall–Kier alpha value is -0.340. The third-order valence-corrected chi connectivity index (χ3v) is 4.24. The highest BCUT2D eigenvalue weighted by molar-refractivity contribution is 5.14. The van der Waals surface area contributed by atoms with Gasteiger partial charge in [-0.1, -0.05) is 75.3 Å². The van der Waals surface area contributed by atoms with Crippen molar-refractivity contribution in [1.29, 1.82) is 0 Å². The van der Waals surface area contributed by atoms with Gasteiger partial charge in [0.05, 0.1) is 20.6 Å².